The Labute approximate surface area is 234 Å². The summed E-state index contributed by atoms with van der Waals surface area (Å²) in [5, 5.41) is 12.7. The maximum atomic E-state index is 15.4. The first-order valence-corrected chi connectivity index (χ1v) is 13.9. The third-order valence-corrected chi connectivity index (χ3v) is 7.89. The van der Waals surface area contributed by atoms with Gasteiger partial charge in [-0.15, -0.1) is 0 Å². The number of nitrogens with zero attached hydrogens (tertiary/aromatic N) is 5. The average molecular weight is 549 g/mol. The number of hydrogen-bond acceptors (Lipinski definition) is 6. The smallest absolute Gasteiger partial charge is 0.240 e. The molecule has 2 fully saturated rings. The van der Waals surface area contributed by atoms with E-state index in [1.54, 1.807) is 24.4 Å². The molecule has 39 heavy (non-hydrogen) atoms. The molecule has 1 aromatic heterocycles. The van der Waals surface area contributed by atoms with Gasteiger partial charge in [-0.25, -0.2) is 14.4 Å². The largest absolute Gasteiger partial charge is 0.356 e. The lowest BCUT2D eigenvalue weighted by Gasteiger charge is -2.23. The molecule has 5 rings (SSSR count). The molecule has 0 spiro atoms. The summed E-state index contributed by atoms with van der Waals surface area (Å²) in [7, 11) is 4.15. The van der Waals surface area contributed by atoms with Gasteiger partial charge in [0.25, 0.3) is 0 Å². The van der Waals surface area contributed by atoms with E-state index in [-0.39, 0.29) is 12.5 Å². The molecule has 9 heteroatoms. The number of aromatic nitrogens is 2. The van der Waals surface area contributed by atoms with Crippen molar-refractivity contribution in [2.24, 2.45) is 11.3 Å². The number of nitrogens with one attached hydrogen (secondary N) is 1. The van der Waals surface area contributed by atoms with Crippen molar-refractivity contribution >= 4 is 23.3 Å². The number of hydrogen-bond donors (Lipinski definition) is 1. The van der Waals surface area contributed by atoms with E-state index in [2.05, 4.69) is 40.3 Å². The Balaban J connectivity index is 1.44. The molecule has 2 aliphatic carbocycles. The molecule has 1 aromatic carbocycles. The van der Waals surface area contributed by atoms with Crippen LogP contribution in [0.25, 0.3) is 11.4 Å². The minimum atomic E-state index is -1.28. The van der Waals surface area contributed by atoms with Gasteiger partial charge in [0.2, 0.25) is 5.91 Å². The molecular weight excluding hydrogens is 515 g/mol. The Kier molecular flexibility index (Phi) is 8.01. The third-order valence-electron chi connectivity index (χ3n) is 7.68. The van der Waals surface area contributed by atoms with Gasteiger partial charge in [-0.1, -0.05) is 29.8 Å². The number of alkyl halides is 1. The molecule has 1 amide bonds. The van der Waals surface area contributed by atoms with Crippen LogP contribution in [0.1, 0.15) is 49.4 Å². The summed E-state index contributed by atoms with van der Waals surface area (Å²) < 4.78 is 15.4. The summed E-state index contributed by atoms with van der Waals surface area (Å²) in [5.74, 6) is 1.46. The van der Waals surface area contributed by atoms with Gasteiger partial charge in [-0.05, 0) is 81.5 Å². The molecule has 1 saturated carbocycles. The number of carbonyl (C=O) groups excluding carboxylic acids is 1. The number of nitriles is 1. The van der Waals surface area contributed by atoms with Crippen LogP contribution in [0.4, 0.5) is 10.2 Å². The Morgan fingerprint density at radius 2 is 2.15 bits per heavy atom. The topological polar surface area (TPSA) is 85.2 Å². The van der Waals surface area contributed by atoms with Gasteiger partial charge in [-0.2, -0.15) is 5.26 Å². The molecule has 204 valence electrons. The predicted octanol–water partition coefficient (Wildman–Crippen LogP) is 5.39. The second-order valence-electron chi connectivity index (χ2n) is 11.1. The second kappa shape index (κ2) is 11.4. The van der Waals surface area contributed by atoms with Crippen molar-refractivity contribution in [1.82, 2.24) is 20.2 Å². The number of benzene rings is 1. The van der Waals surface area contributed by atoms with Crippen molar-refractivity contribution in [2.45, 2.75) is 44.8 Å². The van der Waals surface area contributed by atoms with Crippen LogP contribution in [0, 0.1) is 22.7 Å². The fourth-order valence-corrected chi connectivity index (χ4v) is 5.63. The molecule has 1 aliphatic heterocycles. The standard InChI is InChI=1S/C30H34ClFN6O/c1-37(2)17-20-8-11-38(18-20)28-24(16-35-29(39)30(19-33)9-10-30)15-34-27(36-28)23-12-22(13-25(31)14-23)26(32)21-6-4-3-5-7-21/h4,6-7,12-15,20,26H,3,5,8-11,16-18H2,1-2H3,(H,35,39). The van der Waals surface area contributed by atoms with E-state index in [0.29, 0.717) is 46.3 Å². The van der Waals surface area contributed by atoms with Crippen LogP contribution in [0.3, 0.4) is 0 Å². The maximum Gasteiger partial charge on any atom is 0.240 e. The Morgan fingerprint density at radius 1 is 1.33 bits per heavy atom. The fourth-order valence-electron chi connectivity index (χ4n) is 5.39. The van der Waals surface area contributed by atoms with E-state index in [0.717, 1.165) is 50.3 Å². The van der Waals surface area contributed by atoms with Crippen LogP contribution in [0.5, 0.6) is 0 Å². The first-order chi connectivity index (χ1) is 18.8. The molecule has 2 atom stereocenters. The molecule has 2 aromatic rings. The van der Waals surface area contributed by atoms with Crippen LogP contribution < -0.4 is 10.2 Å². The minimum Gasteiger partial charge on any atom is -0.356 e. The minimum absolute atomic E-state index is 0.237. The number of carbonyl (C=O) groups is 1. The summed E-state index contributed by atoms with van der Waals surface area (Å²) in [6.07, 6.45) is 10.2. The first-order valence-electron chi connectivity index (χ1n) is 13.5. The first kappa shape index (κ1) is 27.3. The van der Waals surface area contributed by atoms with Gasteiger partial charge < -0.3 is 15.1 Å². The van der Waals surface area contributed by atoms with Gasteiger partial charge in [0.05, 0.1) is 6.07 Å². The second-order valence-corrected chi connectivity index (χ2v) is 11.5. The Morgan fingerprint density at radius 3 is 2.85 bits per heavy atom. The Bertz CT molecular complexity index is 1350. The van der Waals surface area contributed by atoms with E-state index < -0.39 is 11.6 Å². The highest BCUT2D eigenvalue weighted by Gasteiger charge is 2.50. The lowest BCUT2D eigenvalue weighted by molar-refractivity contribution is -0.124. The van der Waals surface area contributed by atoms with Crippen LogP contribution in [-0.4, -0.2) is 54.5 Å². The van der Waals surface area contributed by atoms with Crippen molar-refractivity contribution < 1.29 is 9.18 Å². The molecule has 3 aliphatic rings. The molecule has 1 saturated heterocycles. The third kappa shape index (κ3) is 6.15. The zero-order valence-corrected chi connectivity index (χ0v) is 23.2. The van der Waals surface area contributed by atoms with Gasteiger partial charge in [-0.3, -0.25) is 4.79 Å². The monoisotopic (exact) mass is 548 g/mol. The van der Waals surface area contributed by atoms with Gasteiger partial charge in [0.15, 0.2) is 5.82 Å². The summed E-state index contributed by atoms with van der Waals surface area (Å²) in [6, 6.07) is 7.32. The van der Waals surface area contributed by atoms with Gasteiger partial charge in [0.1, 0.15) is 17.4 Å². The van der Waals surface area contributed by atoms with Crippen molar-refractivity contribution in [3.05, 3.63) is 64.3 Å². The van der Waals surface area contributed by atoms with Gasteiger partial charge in [0, 0.05) is 48.5 Å². The number of halogens is 2. The molecule has 0 radical (unpaired) electrons. The van der Waals surface area contributed by atoms with E-state index in [4.69, 9.17) is 16.6 Å². The molecule has 7 nitrogen and oxygen atoms in total. The molecule has 1 N–H and O–H groups in total. The molecule has 0 bridgehead atoms. The summed E-state index contributed by atoms with van der Waals surface area (Å²) in [6.45, 7) is 2.89. The SMILES string of the molecule is CN(C)CC1CCN(c2nc(-c3cc(Cl)cc(C(F)C4=CCCC=C4)c3)ncc2CNC(=O)C2(C#N)CC2)C1. The zero-order valence-electron chi connectivity index (χ0n) is 22.5. The van der Waals surface area contributed by atoms with Gasteiger partial charge >= 0.3 is 0 Å². The number of rotatable bonds is 9. The van der Waals surface area contributed by atoms with E-state index in [9.17, 15) is 10.1 Å². The van der Waals surface area contributed by atoms with Crippen molar-refractivity contribution in [1.29, 1.82) is 5.26 Å². The molecule has 2 heterocycles. The number of amides is 1. The predicted molar refractivity (Wildman–Crippen MR) is 151 cm³/mol. The van der Waals surface area contributed by atoms with Crippen molar-refractivity contribution in [3.63, 3.8) is 0 Å². The van der Waals surface area contributed by atoms with Crippen LogP contribution >= 0.6 is 11.6 Å². The van der Waals surface area contributed by atoms with Crippen LogP contribution in [0.15, 0.2) is 48.2 Å². The number of anilines is 1. The molecule has 2 unspecified atom stereocenters. The maximum absolute atomic E-state index is 15.4. The summed E-state index contributed by atoms with van der Waals surface area (Å²) in [5.41, 5.74) is 1.64. The van der Waals surface area contributed by atoms with Crippen LogP contribution in [-0.2, 0) is 11.3 Å². The number of allylic oxidation sites excluding steroid dienone is 4. The lowest BCUT2D eigenvalue weighted by atomic mass is 9.96. The summed E-state index contributed by atoms with van der Waals surface area (Å²) in [4.78, 5) is 26.6. The normalized spacial score (nSPS) is 20.5. The molecular formula is C30H34ClFN6O. The highest BCUT2D eigenvalue weighted by molar-refractivity contribution is 6.31. The van der Waals surface area contributed by atoms with E-state index in [1.807, 2.05) is 18.2 Å². The highest BCUT2D eigenvalue weighted by atomic mass is 35.5. The lowest BCUT2D eigenvalue weighted by Crippen LogP contribution is -2.32. The van der Waals surface area contributed by atoms with Crippen LogP contribution in [0.2, 0.25) is 5.02 Å². The van der Waals surface area contributed by atoms with E-state index >= 15 is 4.39 Å². The highest BCUT2D eigenvalue weighted by Crippen LogP contribution is 2.45. The quantitative estimate of drug-likeness (QED) is 0.452. The Hall–Kier alpha value is -3.28. The van der Waals surface area contributed by atoms with Crippen molar-refractivity contribution in [3.8, 4) is 17.5 Å². The zero-order chi connectivity index (χ0) is 27.6. The van der Waals surface area contributed by atoms with Crippen molar-refractivity contribution in [2.75, 3.05) is 38.6 Å². The van der Waals surface area contributed by atoms with E-state index in [1.165, 1.54) is 0 Å². The average Bonchev–Trinajstić information content (AvgIpc) is 3.62. The summed E-state index contributed by atoms with van der Waals surface area (Å²) >= 11 is 6.45. The fraction of sp³-hybridized carbons (Fsp3) is 0.467.